The van der Waals surface area contributed by atoms with E-state index in [0.29, 0.717) is 22.9 Å². The van der Waals surface area contributed by atoms with Gasteiger partial charge in [-0.05, 0) is 51.3 Å². The first-order valence-corrected chi connectivity index (χ1v) is 8.95. The molecule has 0 bridgehead atoms. The summed E-state index contributed by atoms with van der Waals surface area (Å²) < 4.78 is 11.5. The van der Waals surface area contributed by atoms with Crippen LogP contribution in [-0.4, -0.2) is 30.2 Å². The molecule has 3 rings (SSSR count). The minimum atomic E-state index is -0.149. The summed E-state index contributed by atoms with van der Waals surface area (Å²) in [6, 6.07) is 5.77. The van der Waals surface area contributed by atoms with E-state index in [0.717, 1.165) is 35.7 Å². The van der Waals surface area contributed by atoms with Crippen molar-refractivity contribution in [2.24, 2.45) is 0 Å². The molecule has 1 aromatic heterocycles. The highest BCUT2D eigenvalue weighted by molar-refractivity contribution is 7.13. The topological polar surface area (TPSA) is 60.5 Å². The largest absolute Gasteiger partial charge is 0.489 e. The second-order valence-electron chi connectivity index (χ2n) is 6.05. The number of aryl methyl sites for hydroxylation is 3. The number of nitrogens with one attached hydrogen (secondary N) is 1. The van der Waals surface area contributed by atoms with E-state index in [9.17, 15) is 4.79 Å². The molecule has 2 aromatic rings. The quantitative estimate of drug-likeness (QED) is 0.892. The molecule has 0 saturated carbocycles. The second kappa shape index (κ2) is 7.32. The molecule has 0 radical (unpaired) electrons. The first kappa shape index (κ1) is 16.9. The molecule has 1 saturated heterocycles. The van der Waals surface area contributed by atoms with Crippen LogP contribution in [0.2, 0.25) is 0 Å². The van der Waals surface area contributed by atoms with Gasteiger partial charge in [-0.3, -0.25) is 4.79 Å². The molecule has 0 spiro atoms. The average Bonchev–Trinajstić information content (AvgIpc) is 3.16. The molecule has 1 fully saturated rings. The molecule has 5 nitrogen and oxygen atoms in total. The maximum absolute atomic E-state index is 12.5. The summed E-state index contributed by atoms with van der Waals surface area (Å²) in [6.07, 6.45) is 2.24. The Bertz CT molecular complexity index is 736. The van der Waals surface area contributed by atoms with Crippen LogP contribution in [0, 0.1) is 20.8 Å². The number of amides is 1. The van der Waals surface area contributed by atoms with Crippen LogP contribution in [0.5, 0.6) is 5.75 Å². The molecule has 2 heterocycles. The minimum absolute atomic E-state index is 0.139. The van der Waals surface area contributed by atoms with Crippen molar-refractivity contribution in [1.82, 2.24) is 4.98 Å². The summed E-state index contributed by atoms with van der Waals surface area (Å²) in [5, 5.41) is 3.83. The Morgan fingerprint density at radius 1 is 1.42 bits per heavy atom. The summed E-state index contributed by atoms with van der Waals surface area (Å²) in [6.45, 7) is 7.06. The van der Waals surface area contributed by atoms with Gasteiger partial charge in [0.2, 0.25) is 0 Å². The maximum atomic E-state index is 12.5. The van der Waals surface area contributed by atoms with Crippen LogP contribution in [-0.2, 0) is 4.74 Å². The number of thiazole rings is 1. The third-order valence-corrected chi connectivity index (χ3v) is 5.02. The lowest BCUT2D eigenvalue weighted by molar-refractivity contribution is 0.0681. The van der Waals surface area contributed by atoms with Gasteiger partial charge in [0.15, 0.2) is 0 Å². The van der Waals surface area contributed by atoms with Gasteiger partial charge in [-0.1, -0.05) is 6.07 Å². The van der Waals surface area contributed by atoms with E-state index in [-0.39, 0.29) is 12.0 Å². The van der Waals surface area contributed by atoms with E-state index in [1.807, 2.05) is 39.0 Å². The summed E-state index contributed by atoms with van der Waals surface area (Å²) >= 11 is 1.40. The molecule has 1 atom stereocenters. The number of rotatable bonds is 5. The van der Waals surface area contributed by atoms with Crippen molar-refractivity contribution in [1.29, 1.82) is 0 Å². The lowest BCUT2D eigenvalue weighted by Crippen LogP contribution is -2.18. The van der Waals surface area contributed by atoms with Gasteiger partial charge in [-0.2, -0.15) is 0 Å². The van der Waals surface area contributed by atoms with Gasteiger partial charge in [0.1, 0.15) is 17.2 Å². The number of hydrogen-bond donors (Lipinski definition) is 1. The zero-order chi connectivity index (χ0) is 17.1. The summed E-state index contributed by atoms with van der Waals surface area (Å²) in [5.74, 6) is 0.529. The fraction of sp³-hybridized carbons (Fsp3) is 0.444. The van der Waals surface area contributed by atoms with Crippen molar-refractivity contribution in [2.75, 3.05) is 18.5 Å². The first-order valence-electron chi connectivity index (χ1n) is 8.13. The van der Waals surface area contributed by atoms with E-state index in [1.54, 1.807) is 0 Å². The van der Waals surface area contributed by atoms with Crippen LogP contribution in [0.3, 0.4) is 0 Å². The Morgan fingerprint density at radius 2 is 2.25 bits per heavy atom. The standard InChI is InChI=1S/C18H22N2O3S/c1-11-6-7-15(16(9-11)23-10-14-5-4-8-22-14)20-18(21)17-12(2)19-13(3)24-17/h6-7,9,14H,4-5,8,10H2,1-3H3,(H,20,21)/t14-/m0/s1. The second-order valence-corrected chi connectivity index (χ2v) is 7.25. The number of carbonyl (C=O) groups excluding carboxylic acids is 1. The fourth-order valence-electron chi connectivity index (χ4n) is 2.73. The molecule has 1 N–H and O–H groups in total. The van der Waals surface area contributed by atoms with Crippen molar-refractivity contribution < 1.29 is 14.3 Å². The molecule has 0 unspecified atom stereocenters. The molecule has 24 heavy (non-hydrogen) atoms. The molecule has 1 aliphatic rings. The van der Waals surface area contributed by atoms with Crippen LogP contribution < -0.4 is 10.1 Å². The Kier molecular flexibility index (Phi) is 5.16. The average molecular weight is 346 g/mol. The van der Waals surface area contributed by atoms with Crippen LogP contribution in [0.4, 0.5) is 5.69 Å². The van der Waals surface area contributed by atoms with Gasteiger partial charge >= 0.3 is 0 Å². The van der Waals surface area contributed by atoms with Crippen molar-refractivity contribution in [3.63, 3.8) is 0 Å². The third-order valence-electron chi connectivity index (χ3n) is 3.94. The van der Waals surface area contributed by atoms with Crippen molar-refractivity contribution >= 4 is 22.9 Å². The predicted octanol–water partition coefficient (Wildman–Crippen LogP) is 3.88. The summed E-state index contributed by atoms with van der Waals surface area (Å²) in [4.78, 5) is 17.5. The molecule has 6 heteroatoms. The summed E-state index contributed by atoms with van der Waals surface area (Å²) in [7, 11) is 0. The van der Waals surface area contributed by atoms with Crippen LogP contribution in [0.25, 0.3) is 0 Å². The predicted molar refractivity (Wildman–Crippen MR) is 95.2 cm³/mol. The number of ether oxygens (including phenoxy) is 2. The third kappa shape index (κ3) is 3.94. The van der Waals surface area contributed by atoms with Gasteiger partial charge in [0.25, 0.3) is 5.91 Å². The van der Waals surface area contributed by atoms with E-state index in [4.69, 9.17) is 9.47 Å². The number of carbonyl (C=O) groups is 1. The molecule has 1 aromatic carbocycles. The van der Waals surface area contributed by atoms with Crippen molar-refractivity contribution in [3.8, 4) is 5.75 Å². The van der Waals surface area contributed by atoms with E-state index in [2.05, 4.69) is 10.3 Å². The number of anilines is 1. The fourth-order valence-corrected chi connectivity index (χ4v) is 3.55. The Hall–Kier alpha value is -1.92. The SMILES string of the molecule is Cc1ccc(NC(=O)c2sc(C)nc2C)c(OC[C@@H]2CCCO2)c1. The van der Waals surface area contributed by atoms with E-state index in [1.165, 1.54) is 11.3 Å². The number of nitrogens with zero attached hydrogens (tertiary/aromatic N) is 1. The first-order chi connectivity index (χ1) is 11.5. The Balaban J connectivity index is 1.74. The highest BCUT2D eigenvalue weighted by atomic mass is 32.1. The molecule has 0 aliphatic carbocycles. The lowest BCUT2D eigenvalue weighted by atomic mass is 10.2. The molecular weight excluding hydrogens is 324 g/mol. The zero-order valence-corrected chi connectivity index (χ0v) is 15.0. The van der Waals surface area contributed by atoms with E-state index < -0.39 is 0 Å². The normalized spacial score (nSPS) is 17.0. The Morgan fingerprint density at radius 3 is 2.92 bits per heavy atom. The van der Waals surface area contributed by atoms with Crippen molar-refractivity contribution in [3.05, 3.63) is 39.3 Å². The Labute approximate surface area is 146 Å². The highest BCUT2D eigenvalue weighted by Crippen LogP contribution is 2.28. The molecule has 1 amide bonds. The minimum Gasteiger partial charge on any atom is -0.489 e. The van der Waals surface area contributed by atoms with Gasteiger partial charge in [-0.15, -0.1) is 11.3 Å². The lowest BCUT2D eigenvalue weighted by Gasteiger charge is -2.15. The summed E-state index contributed by atoms with van der Waals surface area (Å²) in [5.41, 5.74) is 2.51. The smallest absolute Gasteiger partial charge is 0.267 e. The molecule has 1 aliphatic heterocycles. The molecular formula is C18H22N2O3S. The van der Waals surface area contributed by atoms with Gasteiger partial charge in [0, 0.05) is 6.61 Å². The number of benzene rings is 1. The van der Waals surface area contributed by atoms with Gasteiger partial charge in [0.05, 0.1) is 22.5 Å². The maximum Gasteiger partial charge on any atom is 0.267 e. The molecule has 128 valence electrons. The van der Waals surface area contributed by atoms with E-state index >= 15 is 0 Å². The van der Waals surface area contributed by atoms with Gasteiger partial charge in [-0.25, -0.2) is 4.98 Å². The van der Waals surface area contributed by atoms with Crippen LogP contribution in [0.15, 0.2) is 18.2 Å². The number of hydrogen-bond acceptors (Lipinski definition) is 5. The van der Waals surface area contributed by atoms with Crippen LogP contribution in [0.1, 0.15) is 38.8 Å². The highest BCUT2D eigenvalue weighted by Gasteiger charge is 2.19. The number of aromatic nitrogens is 1. The zero-order valence-electron chi connectivity index (χ0n) is 14.2. The monoisotopic (exact) mass is 346 g/mol. The van der Waals surface area contributed by atoms with Gasteiger partial charge < -0.3 is 14.8 Å². The van der Waals surface area contributed by atoms with Crippen LogP contribution >= 0.6 is 11.3 Å². The van der Waals surface area contributed by atoms with Crippen molar-refractivity contribution in [2.45, 2.75) is 39.7 Å².